The fourth-order valence-electron chi connectivity index (χ4n) is 3.54. The van der Waals surface area contributed by atoms with E-state index in [1.54, 1.807) is 0 Å². The molecule has 0 radical (unpaired) electrons. The molecule has 1 heterocycles. The topological polar surface area (TPSA) is 17.0 Å². The lowest BCUT2D eigenvalue weighted by Crippen LogP contribution is -2.01. The van der Waals surface area contributed by atoms with Crippen molar-refractivity contribution in [1.82, 2.24) is 4.57 Å². The van der Waals surface area contributed by atoms with Gasteiger partial charge in [-0.25, -0.2) is 0 Å². The number of rotatable bonds is 6. The Balaban J connectivity index is 1.71. The highest BCUT2D eigenvalue weighted by Crippen LogP contribution is 2.31. The summed E-state index contributed by atoms with van der Waals surface area (Å²) in [5.41, 5.74) is 4.91. The second-order valence-corrected chi connectivity index (χ2v) is 6.55. The van der Waals surface area contributed by atoms with Gasteiger partial charge >= 0.3 is 0 Å². The Hall–Kier alpha value is -2.74. The molecule has 0 fully saturated rings. The predicted molar refractivity (Wildman–Crippen MR) is 109 cm³/mol. The first-order valence-electron chi connectivity index (χ1n) is 9.21. The van der Waals surface area contributed by atoms with Crippen molar-refractivity contribution in [1.29, 1.82) is 0 Å². The number of benzene rings is 3. The maximum absolute atomic E-state index is 3.52. The molecule has 0 bridgehead atoms. The standard InChI is InChI=1S/C23H24N2/c1-2-3-8-17-24-18-13-15-19(16-14-18)25-22-11-6-4-9-20(22)21-10-5-7-12-23(21)25/h4-7,9-16,24H,2-3,8,17H2,1H3. The van der Waals surface area contributed by atoms with Gasteiger partial charge in [0.05, 0.1) is 11.0 Å². The van der Waals surface area contributed by atoms with Crippen LogP contribution in [-0.2, 0) is 0 Å². The van der Waals surface area contributed by atoms with Crippen molar-refractivity contribution in [3.8, 4) is 5.69 Å². The summed E-state index contributed by atoms with van der Waals surface area (Å²) in [5.74, 6) is 0. The van der Waals surface area contributed by atoms with Gasteiger partial charge in [0.25, 0.3) is 0 Å². The van der Waals surface area contributed by atoms with Crippen molar-refractivity contribution in [2.45, 2.75) is 26.2 Å². The highest BCUT2D eigenvalue weighted by atomic mass is 15.0. The zero-order valence-corrected chi connectivity index (χ0v) is 14.7. The molecular formula is C23H24N2. The number of nitrogens with zero attached hydrogens (tertiary/aromatic N) is 1. The van der Waals surface area contributed by atoms with E-state index < -0.39 is 0 Å². The highest BCUT2D eigenvalue weighted by Gasteiger charge is 2.10. The van der Waals surface area contributed by atoms with E-state index in [9.17, 15) is 0 Å². The molecule has 0 atom stereocenters. The van der Waals surface area contributed by atoms with Crippen LogP contribution in [0.5, 0.6) is 0 Å². The maximum Gasteiger partial charge on any atom is 0.0541 e. The van der Waals surface area contributed by atoms with E-state index in [2.05, 4.69) is 89.6 Å². The summed E-state index contributed by atoms with van der Waals surface area (Å²) in [6, 6.07) is 26.1. The number of fused-ring (bicyclic) bond motifs is 3. The summed E-state index contributed by atoms with van der Waals surface area (Å²) in [6.07, 6.45) is 3.77. The SMILES string of the molecule is CCCCCNc1ccc(-n2c3ccccc3c3ccccc32)cc1. The largest absolute Gasteiger partial charge is 0.385 e. The summed E-state index contributed by atoms with van der Waals surface area (Å²) in [7, 11) is 0. The van der Waals surface area contributed by atoms with Gasteiger partial charge in [0.15, 0.2) is 0 Å². The van der Waals surface area contributed by atoms with Crippen LogP contribution in [0.4, 0.5) is 5.69 Å². The van der Waals surface area contributed by atoms with Crippen LogP contribution < -0.4 is 5.32 Å². The van der Waals surface area contributed by atoms with Crippen molar-refractivity contribution >= 4 is 27.5 Å². The molecule has 1 aromatic heterocycles. The molecule has 3 aromatic carbocycles. The fourth-order valence-corrected chi connectivity index (χ4v) is 3.54. The lowest BCUT2D eigenvalue weighted by Gasteiger charge is -2.10. The second kappa shape index (κ2) is 7.02. The van der Waals surface area contributed by atoms with E-state index in [1.165, 1.54) is 52.4 Å². The minimum Gasteiger partial charge on any atom is -0.385 e. The summed E-state index contributed by atoms with van der Waals surface area (Å²) in [5, 5.41) is 6.13. The molecule has 25 heavy (non-hydrogen) atoms. The van der Waals surface area contributed by atoms with Gasteiger partial charge in [-0.2, -0.15) is 0 Å². The van der Waals surface area contributed by atoms with Crippen LogP contribution in [-0.4, -0.2) is 11.1 Å². The summed E-state index contributed by atoms with van der Waals surface area (Å²) in [4.78, 5) is 0. The molecular weight excluding hydrogens is 304 g/mol. The number of anilines is 1. The van der Waals surface area contributed by atoms with Crippen molar-refractivity contribution in [3.63, 3.8) is 0 Å². The molecule has 4 aromatic rings. The Morgan fingerprint density at radius 2 is 1.32 bits per heavy atom. The Labute approximate surface area is 149 Å². The van der Waals surface area contributed by atoms with Crippen LogP contribution in [0.3, 0.4) is 0 Å². The van der Waals surface area contributed by atoms with Crippen molar-refractivity contribution in [2.75, 3.05) is 11.9 Å². The normalized spacial score (nSPS) is 11.2. The molecule has 0 aliphatic carbocycles. The molecule has 0 amide bonds. The second-order valence-electron chi connectivity index (χ2n) is 6.55. The van der Waals surface area contributed by atoms with E-state index in [1.807, 2.05) is 0 Å². The Morgan fingerprint density at radius 3 is 1.92 bits per heavy atom. The van der Waals surface area contributed by atoms with Crippen LogP contribution in [0.25, 0.3) is 27.5 Å². The molecule has 0 unspecified atom stereocenters. The van der Waals surface area contributed by atoms with Gasteiger partial charge in [0, 0.05) is 28.7 Å². The zero-order valence-electron chi connectivity index (χ0n) is 14.7. The van der Waals surface area contributed by atoms with E-state index in [-0.39, 0.29) is 0 Å². The van der Waals surface area contributed by atoms with Gasteiger partial charge in [0.2, 0.25) is 0 Å². The lowest BCUT2D eigenvalue weighted by atomic mass is 10.2. The van der Waals surface area contributed by atoms with Crippen LogP contribution in [0.1, 0.15) is 26.2 Å². The summed E-state index contributed by atoms with van der Waals surface area (Å²) >= 11 is 0. The van der Waals surface area contributed by atoms with E-state index >= 15 is 0 Å². The molecule has 2 heteroatoms. The minimum atomic E-state index is 1.04. The molecule has 0 saturated carbocycles. The monoisotopic (exact) mass is 328 g/mol. The number of hydrogen-bond acceptors (Lipinski definition) is 1. The average molecular weight is 328 g/mol. The van der Waals surface area contributed by atoms with Crippen LogP contribution in [0.2, 0.25) is 0 Å². The number of nitrogens with one attached hydrogen (secondary N) is 1. The number of aromatic nitrogens is 1. The number of unbranched alkanes of at least 4 members (excludes halogenated alkanes) is 2. The number of para-hydroxylation sites is 2. The van der Waals surface area contributed by atoms with Gasteiger partial charge < -0.3 is 9.88 Å². The molecule has 4 rings (SSSR count). The van der Waals surface area contributed by atoms with Gasteiger partial charge in [-0.15, -0.1) is 0 Å². The zero-order chi connectivity index (χ0) is 17.1. The van der Waals surface area contributed by atoms with E-state index in [4.69, 9.17) is 0 Å². The Bertz CT molecular complexity index is 927. The lowest BCUT2D eigenvalue weighted by molar-refractivity contribution is 0.744. The third kappa shape index (κ3) is 3.00. The fraction of sp³-hybridized carbons (Fsp3) is 0.217. The first-order chi connectivity index (χ1) is 12.4. The summed E-state index contributed by atoms with van der Waals surface area (Å²) in [6.45, 7) is 3.28. The molecule has 0 aliphatic rings. The van der Waals surface area contributed by atoms with Crippen LogP contribution >= 0.6 is 0 Å². The average Bonchev–Trinajstić information content (AvgIpc) is 3.00. The first-order valence-corrected chi connectivity index (χ1v) is 9.21. The van der Waals surface area contributed by atoms with Crippen LogP contribution in [0, 0.1) is 0 Å². The molecule has 126 valence electrons. The van der Waals surface area contributed by atoms with Crippen molar-refractivity contribution in [3.05, 3.63) is 72.8 Å². The Morgan fingerprint density at radius 1 is 0.720 bits per heavy atom. The molecule has 0 aliphatic heterocycles. The van der Waals surface area contributed by atoms with Crippen molar-refractivity contribution in [2.24, 2.45) is 0 Å². The van der Waals surface area contributed by atoms with Gasteiger partial charge in [0.1, 0.15) is 0 Å². The molecule has 0 spiro atoms. The quantitative estimate of drug-likeness (QED) is 0.406. The molecule has 2 nitrogen and oxygen atoms in total. The summed E-state index contributed by atoms with van der Waals surface area (Å²) < 4.78 is 2.35. The Kier molecular flexibility index (Phi) is 4.43. The minimum absolute atomic E-state index is 1.04. The van der Waals surface area contributed by atoms with Gasteiger partial charge in [-0.3, -0.25) is 0 Å². The highest BCUT2D eigenvalue weighted by molar-refractivity contribution is 6.09. The molecule has 0 saturated heterocycles. The smallest absolute Gasteiger partial charge is 0.0541 e. The third-order valence-corrected chi connectivity index (χ3v) is 4.82. The van der Waals surface area contributed by atoms with Crippen LogP contribution in [0.15, 0.2) is 72.8 Å². The van der Waals surface area contributed by atoms with E-state index in [0.717, 1.165) is 6.54 Å². The maximum atomic E-state index is 3.52. The van der Waals surface area contributed by atoms with Gasteiger partial charge in [-0.05, 0) is 42.8 Å². The number of hydrogen-bond donors (Lipinski definition) is 1. The molecule has 1 N–H and O–H groups in total. The van der Waals surface area contributed by atoms with Crippen molar-refractivity contribution < 1.29 is 0 Å². The first kappa shape index (κ1) is 15.8. The van der Waals surface area contributed by atoms with Gasteiger partial charge in [-0.1, -0.05) is 56.2 Å². The van der Waals surface area contributed by atoms with E-state index in [0.29, 0.717) is 0 Å². The third-order valence-electron chi connectivity index (χ3n) is 4.82. The predicted octanol–water partition coefficient (Wildman–Crippen LogP) is 6.39.